The predicted molar refractivity (Wildman–Crippen MR) is 66.9 cm³/mol. The summed E-state index contributed by atoms with van der Waals surface area (Å²) in [6, 6.07) is 4.24. The van der Waals surface area contributed by atoms with Crippen molar-refractivity contribution in [1.29, 1.82) is 0 Å². The fourth-order valence-electron chi connectivity index (χ4n) is 2.56. The molecule has 2 atom stereocenters. The van der Waals surface area contributed by atoms with Crippen LogP contribution in [0.5, 0.6) is 0 Å². The van der Waals surface area contributed by atoms with Crippen LogP contribution in [0.4, 0.5) is 4.39 Å². The maximum Gasteiger partial charge on any atom is 0.166 e. The molecule has 1 aliphatic carbocycles. The minimum absolute atomic E-state index is 0.0275. The van der Waals surface area contributed by atoms with Gasteiger partial charge < -0.3 is 0 Å². The van der Waals surface area contributed by atoms with Crippen LogP contribution in [0.1, 0.15) is 43.0 Å². The third kappa shape index (κ3) is 2.86. The zero-order valence-corrected chi connectivity index (χ0v) is 10.6. The summed E-state index contributed by atoms with van der Waals surface area (Å²) in [5.41, 5.74) is 0.538. The van der Waals surface area contributed by atoms with Crippen molar-refractivity contribution in [3.63, 3.8) is 0 Å². The summed E-state index contributed by atoms with van der Waals surface area (Å²) in [7, 11) is 0. The normalized spacial score (nSPS) is 24.6. The van der Waals surface area contributed by atoms with Gasteiger partial charge in [0.05, 0.1) is 5.02 Å². The van der Waals surface area contributed by atoms with Crippen LogP contribution < -0.4 is 0 Å². The van der Waals surface area contributed by atoms with Crippen molar-refractivity contribution in [1.82, 2.24) is 0 Å². The van der Waals surface area contributed by atoms with Crippen molar-refractivity contribution in [3.05, 3.63) is 34.6 Å². The van der Waals surface area contributed by atoms with Crippen molar-refractivity contribution in [3.8, 4) is 0 Å². The second kappa shape index (κ2) is 5.18. The van der Waals surface area contributed by atoms with E-state index in [2.05, 4.69) is 6.92 Å². The molecule has 0 spiro atoms. The van der Waals surface area contributed by atoms with Crippen molar-refractivity contribution >= 4 is 17.4 Å². The van der Waals surface area contributed by atoms with Crippen molar-refractivity contribution < 1.29 is 9.18 Å². The van der Waals surface area contributed by atoms with Crippen LogP contribution in [0.15, 0.2) is 18.2 Å². The van der Waals surface area contributed by atoms with Crippen molar-refractivity contribution in [2.75, 3.05) is 0 Å². The lowest BCUT2D eigenvalue weighted by Crippen LogP contribution is -2.21. The molecule has 17 heavy (non-hydrogen) atoms. The summed E-state index contributed by atoms with van der Waals surface area (Å²) in [5.74, 6) is 0.326. The van der Waals surface area contributed by atoms with E-state index in [1.54, 1.807) is 0 Å². The van der Waals surface area contributed by atoms with E-state index in [0.717, 1.165) is 19.3 Å². The van der Waals surface area contributed by atoms with E-state index >= 15 is 0 Å². The first-order chi connectivity index (χ1) is 8.08. The Morgan fingerprint density at radius 3 is 2.82 bits per heavy atom. The fourth-order valence-corrected chi connectivity index (χ4v) is 2.74. The van der Waals surface area contributed by atoms with Gasteiger partial charge >= 0.3 is 0 Å². The van der Waals surface area contributed by atoms with Gasteiger partial charge in [0.25, 0.3) is 0 Å². The monoisotopic (exact) mass is 254 g/mol. The summed E-state index contributed by atoms with van der Waals surface area (Å²) < 4.78 is 13.0. The summed E-state index contributed by atoms with van der Waals surface area (Å²) in [5, 5.41) is 0.0275. The van der Waals surface area contributed by atoms with E-state index in [1.807, 2.05) is 0 Å². The Morgan fingerprint density at radius 1 is 1.41 bits per heavy atom. The largest absolute Gasteiger partial charge is 0.294 e. The predicted octanol–water partition coefficient (Wildman–Crippen LogP) is 4.49. The van der Waals surface area contributed by atoms with Gasteiger partial charge in [-0.2, -0.15) is 0 Å². The summed E-state index contributed by atoms with van der Waals surface area (Å²) in [4.78, 5) is 12.2. The van der Waals surface area contributed by atoms with E-state index < -0.39 is 5.82 Å². The SMILES string of the molecule is CC1CCCC(C(=O)c2ccc(F)c(Cl)c2)C1. The minimum Gasteiger partial charge on any atom is -0.294 e. The molecule has 3 heteroatoms. The number of carbonyl (C=O) groups is 1. The number of ketones is 1. The van der Waals surface area contributed by atoms with Gasteiger partial charge in [0.15, 0.2) is 5.78 Å². The second-order valence-corrected chi connectivity index (χ2v) is 5.37. The zero-order valence-electron chi connectivity index (χ0n) is 9.88. The molecular formula is C14H16ClFO. The number of Topliss-reactive ketones (excluding diaryl/α,β-unsaturated/α-hetero) is 1. The molecule has 1 aliphatic rings. The van der Waals surface area contributed by atoms with E-state index in [0.29, 0.717) is 11.5 Å². The Kier molecular flexibility index (Phi) is 3.82. The number of rotatable bonds is 2. The van der Waals surface area contributed by atoms with Crippen LogP contribution in [-0.4, -0.2) is 5.78 Å². The molecule has 0 aliphatic heterocycles. The number of hydrogen-bond donors (Lipinski definition) is 0. The van der Waals surface area contributed by atoms with Gasteiger partial charge in [-0.1, -0.05) is 31.4 Å². The molecule has 92 valence electrons. The summed E-state index contributed by atoms with van der Waals surface area (Å²) in [6.45, 7) is 2.18. The molecule has 1 nitrogen and oxygen atoms in total. The average molecular weight is 255 g/mol. The minimum atomic E-state index is -0.472. The zero-order chi connectivity index (χ0) is 12.4. The van der Waals surface area contributed by atoms with Crippen LogP contribution in [0.2, 0.25) is 5.02 Å². The highest BCUT2D eigenvalue weighted by molar-refractivity contribution is 6.31. The Hall–Kier alpha value is -0.890. The quantitative estimate of drug-likeness (QED) is 0.711. The Balaban J connectivity index is 2.15. The lowest BCUT2D eigenvalue weighted by atomic mass is 9.79. The summed E-state index contributed by atoms with van der Waals surface area (Å²) >= 11 is 5.70. The first-order valence-electron chi connectivity index (χ1n) is 6.07. The molecule has 1 aromatic rings. The van der Waals surface area contributed by atoms with Gasteiger partial charge in [0.2, 0.25) is 0 Å². The maximum atomic E-state index is 13.0. The van der Waals surface area contributed by atoms with Gasteiger partial charge in [0.1, 0.15) is 5.82 Å². The molecule has 2 rings (SSSR count). The van der Waals surface area contributed by atoms with E-state index in [1.165, 1.54) is 24.6 Å². The van der Waals surface area contributed by atoms with Crippen LogP contribution >= 0.6 is 11.6 Å². The van der Waals surface area contributed by atoms with E-state index in [9.17, 15) is 9.18 Å². The van der Waals surface area contributed by atoms with Crippen LogP contribution in [0.25, 0.3) is 0 Å². The molecule has 2 unspecified atom stereocenters. The smallest absolute Gasteiger partial charge is 0.166 e. The standard InChI is InChI=1S/C14H16ClFO/c1-9-3-2-4-10(7-9)14(17)11-5-6-13(16)12(15)8-11/h5-6,8-10H,2-4,7H2,1H3. The molecule has 0 saturated heterocycles. The maximum absolute atomic E-state index is 13.0. The highest BCUT2D eigenvalue weighted by atomic mass is 35.5. The van der Waals surface area contributed by atoms with Gasteiger partial charge in [0, 0.05) is 11.5 Å². The number of carbonyl (C=O) groups excluding carboxylic acids is 1. The van der Waals surface area contributed by atoms with E-state index in [4.69, 9.17) is 11.6 Å². The molecule has 0 heterocycles. The average Bonchev–Trinajstić information content (AvgIpc) is 2.32. The molecular weight excluding hydrogens is 239 g/mol. The lowest BCUT2D eigenvalue weighted by molar-refractivity contribution is 0.0868. The van der Waals surface area contributed by atoms with Gasteiger partial charge in [-0.25, -0.2) is 4.39 Å². The molecule has 0 aromatic heterocycles. The first-order valence-corrected chi connectivity index (χ1v) is 6.45. The van der Waals surface area contributed by atoms with Crippen LogP contribution in [-0.2, 0) is 0 Å². The molecule has 0 radical (unpaired) electrons. The molecule has 1 aromatic carbocycles. The fraction of sp³-hybridized carbons (Fsp3) is 0.500. The lowest BCUT2D eigenvalue weighted by Gasteiger charge is -2.25. The third-order valence-corrected chi connectivity index (χ3v) is 3.80. The molecule has 0 amide bonds. The third-order valence-electron chi connectivity index (χ3n) is 3.51. The van der Waals surface area contributed by atoms with E-state index in [-0.39, 0.29) is 16.7 Å². The highest BCUT2D eigenvalue weighted by Crippen LogP contribution is 2.31. The van der Waals surface area contributed by atoms with Crippen LogP contribution in [0, 0.1) is 17.7 Å². The number of halogens is 2. The first kappa shape index (κ1) is 12.6. The van der Waals surface area contributed by atoms with Crippen LogP contribution in [0.3, 0.4) is 0 Å². The molecule has 0 bridgehead atoms. The molecule has 1 saturated carbocycles. The number of benzene rings is 1. The highest BCUT2D eigenvalue weighted by Gasteiger charge is 2.26. The van der Waals surface area contributed by atoms with Gasteiger partial charge in [-0.3, -0.25) is 4.79 Å². The molecule has 0 N–H and O–H groups in total. The van der Waals surface area contributed by atoms with Gasteiger partial charge in [-0.05, 0) is 37.0 Å². The Labute approximate surface area is 106 Å². The Morgan fingerprint density at radius 2 is 2.18 bits per heavy atom. The topological polar surface area (TPSA) is 17.1 Å². The van der Waals surface area contributed by atoms with Crippen molar-refractivity contribution in [2.45, 2.75) is 32.6 Å². The second-order valence-electron chi connectivity index (χ2n) is 4.96. The van der Waals surface area contributed by atoms with Gasteiger partial charge in [-0.15, -0.1) is 0 Å². The van der Waals surface area contributed by atoms with Crippen molar-refractivity contribution in [2.24, 2.45) is 11.8 Å². The summed E-state index contributed by atoms with van der Waals surface area (Å²) in [6.07, 6.45) is 4.19. The Bertz CT molecular complexity index is 430. The molecule has 1 fully saturated rings. The number of hydrogen-bond acceptors (Lipinski definition) is 1.